The molecule has 3 nitrogen and oxygen atoms in total. The average molecular weight is 246 g/mol. The summed E-state index contributed by atoms with van der Waals surface area (Å²) in [6.45, 7) is 6.91. The molecule has 0 aliphatic rings. The van der Waals surface area contributed by atoms with Gasteiger partial charge in [-0.15, -0.1) is 0 Å². The average Bonchev–Trinajstić information content (AvgIpc) is 2.38. The molecule has 17 heavy (non-hydrogen) atoms. The SMILES string of the molecule is CCCCC(CC)(CO)CCOCCCOC. The highest BCUT2D eigenvalue weighted by atomic mass is 16.5. The second-order valence-electron chi connectivity index (χ2n) is 4.82. The topological polar surface area (TPSA) is 38.7 Å². The third kappa shape index (κ3) is 7.74. The Balaban J connectivity index is 3.75. The maximum atomic E-state index is 9.57. The van der Waals surface area contributed by atoms with Crippen molar-refractivity contribution in [2.75, 3.05) is 33.5 Å². The van der Waals surface area contributed by atoms with E-state index in [1.807, 2.05) is 0 Å². The van der Waals surface area contributed by atoms with E-state index in [4.69, 9.17) is 9.47 Å². The maximum Gasteiger partial charge on any atom is 0.0488 e. The molecule has 0 radical (unpaired) electrons. The molecule has 1 unspecified atom stereocenters. The van der Waals surface area contributed by atoms with Gasteiger partial charge in [-0.1, -0.05) is 26.7 Å². The van der Waals surface area contributed by atoms with Gasteiger partial charge in [0.2, 0.25) is 0 Å². The highest BCUT2D eigenvalue weighted by molar-refractivity contribution is 4.76. The predicted octanol–water partition coefficient (Wildman–Crippen LogP) is 3.01. The van der Waals surface area contributed by atoms with Gasteiger partial charge in [-0.3, -0.25) is 0 Å². The van der Waals surface area contributed by atoms with Crippen LogP contribution in [0.5, 0.6) is 0 Å². The second kappa shape index (κ2) is 11.0. The molecule has 0 fully saturated rings. The van der Waals surface area contributed by atoms with E-state index < -0.39 is 0 Å². The summed E-state index contributed by atoms with van der Waals surface area (Å²) in [7, 11) is 1.71. The van der Waals surface area contributed by atoms with Crippen LogP contribution < -0.4 is 0 Å². The molecule has 0 saturated carbocycles. The van der Waals surface area contributed by atoms with Crippen molar-refractivity contribution in [3.63, 3.8) is 0 Å². The zero-order valence-corrected chi connectivity index (χ0v) is 11.8. The molecule has 1 atom stereocenters. The minimum Gasteiger partial charge on any atom is -0.396 e. The molecule has 0 rings (SSSR count). The van der Waals surface area contributed by atoms with Crippen molar-refractivity contribution in [1.82, 2.24) is 0 Å². The predicted molar refractivity (Wildman–Crippen MR) is 71.3 cm³/mol. The smallest absolute Gasteiger partial charge is 0.0488 e. The van der Waals surface area contributed by atoms with Gasteiger partial charge >= 0.3 is 0 Å². The summed E-state index contributed by atoms with van der Waals surface area (Å²) in [6.07, 6.45) is 6.44. The number of unbranched alkanes of at least 4 members (excludes halogenated alkanes) is 1. The fraction of sp³-hybridized carbons (Fsp3) is 1.00. The van der Waals surface area contributed by atoms with Crippen LogP contribution in [0.4, 0.5) is 0 Å². The lowest BCUT2D eigenvalue weighted by atomic mass is 9.78. The lowest BCUT2D eigenvalue weighted by molar-refractivity contribution is 0.0404. The summed E-state index contributed by atoms with van der Waals surface area (Å²) >= 11 is 0. The fourth-order valence-electron chi connectivity index (χ4n) is 2.00. The first-order valence-corrected chi connectivity index (χ1v) is 6.92. The molecule has 1 N–H and O–H groups in total. The summed E-state index contributed by atoms with van der Waals surface area (Å²) < 4.78 is 10.5. The Morgan fingerprint density at radius 2 is 1.76 bits per heavy atom. The summed E-state index contributed by atoms with van der Waals surface area (Å²) in [5.74, 6) is 0. The molecule has 104 valence electrons. The van der Waals surface area contributed by atoms with Gasteiger partial charge in [0.15, 0.2) is 0 Å². The van der Waals surface area contributed by atoms with E-state index in [2.05, 4.69) is 13.8 Å². The van der Waals surface area contributed by atoms with E-state index in [1.54, 1.807) is 7.11 Å². The second-order valence-corrected chi connectivity index (χ2v) is 4.82. The van der Waals surface area contributed by atoms with Gasteiger partial charge in [0.1, 0.15) is 0 Å². The lowest BCUT2D eigenvalue weighted by Crippen LogP contribution is -2.26. The van der Waals surface area contributed by atoms with Crippen LogP contribution in [0.3, 0.4) is 0 Å². The number of rotatable bonds is 12. The van der Waals surface area contributed by atoms with Gasteiger partial charge in [0.25, 0.3) is 0 Å². The van der Waals surface area contributed by atoms with Gasteiger partial charge in [-0.05, 0) is 31.1 Å². The Labute approximate surface area is 107 Å². The molecule has 0 aliphatic heterocycles. The number of ether oxygens (including phenoxy) is 2. The van der Waals surface area contributed by atoms with Crippen LogP contribution in [0.2, 0.25) is 0 Å². The molecule has 0 aromatic carbocycles. The molecule has 0 bridgehead atoms. The van der Waals surface area contributed by atoms with Crippen molar-refractivity contribution in [1.29, 1.82) is 0 Å². The van der Waals surface area contributed by atoms with Crippen molar-refractivity contribution < 1.29 is 14.6 Å². The Bertz CT molecular complexity index is 156. The Hall–Kier alpha value is -0.120. The molecular weight excluding hydrogens is 216 g/mol. The lowest BCUT2D eigenvalue weighted by Gasteiger charge is -2.30. The van der Waals surface area contributed by atoms with E-state index in [9.17, 15) is 5.11 Å². The van der Waals surface area contributed by atoms with Crippen molar-refractivity contribution in [3.8, 4) is 0 Å². The summed E-state index contributed by atoms with van der Waals surface area (Å²) in [5.41, 5.74) is 0.0806. The first-order valence-electron chi connectivity index (χ1n) is 6.92. The molecule has 0 aromatic rings. The number of hydrogen-bond acceptors (Lipinski definition) is 3. The van der Waals surface area contributed by atoms with E-state index >= 15 is 0 Å². The largest absolute Gasteiger partial charge is 0.396 e. The summed E-state index contributed by atoms with van der Waals surface area (Å²) in [6, 6.07) is 0. The van der Waals surface area contributed by atoms with Crippen molar-refractivity contribution in [2.45, 2.75) is 52.4 Å². The minimum atomic E-state index is 0.0806. The zero-order valence-electron chi connectivity index (χ0n) is 11.8. The Morgan fingerprint density at radius 3 is 2.29 bits per heavy atom. The number of aliphatic hydroxyl groups excluding tert-OH is 1. The van der Waals surface area contributed by atoms with Crippen LogP contribution in [-0.4, -0.2) is 38.6 Å². The van der Waals surface area contributed by atoms with E-state index in [-0.39, 0.29) is 12.0 Å². The Kier molecular flexibility index (Phi) is 10.9. The third-order valence-corrected chi connectivity index (χ3v) is 3.56. The molecule has 0 amide bonds. The van der Waals surface area contributed by atoms with Crippen molar-refractivity contribution in [3.05, 3.63) is 0 Å². The van der Waals surface area contributed by atoms with Crippen LogP contribution in [0.25, 0.3) is 0 Å². The van der Waals surface area contributed by atoms with Gasteiger partial charge in [0, 0.05) is 33.5 Å². The highest BCUT2D eigenvalue weighted by Crippen LogP contribution is 2.32. The van der Waals surface area contributed by atoms with Crippen LogP contribution in [-0.2, 0) is 9.47 Å². The third-order valence-electron chi connectivity index (χ3n) is 3.56. The van der Waals surface area contributed by atoms with E-state index in [0.717, 1.165) is 45.5 Å². The van der Waals surface area contributed by atoms with Gasteiger partial charge < -0.3 is 14.6 Å². The molecule has 0 spiro atoms. The highest BCUT2D eigenvalue weighted by Gasteiger charge is 2.26. The molecule has 0 heterocycles. The zero-order chi connectivity index (χ0) is 13.0. The van der Waals surface area contributed by atoms with Crippen LogP contribution in [0, 0.1) is 5.41 Å². The Morgan fingerprint density at radius 1 is 1.00 bits per heavy atom. The standard InChI is InChI=1S/C14H30O3/c1-4-6-8-14(5-2,13-15)9-12-17-11-7-10-16-3/h15H,4-13H2,1-3H3. The van der Waals surface area contributed by atoms with Crippen LogP contribution in [0.15, 0.2) is 0 Å². The van der Waals surface area contributed by atoms with E-state index in [0.29, 0.717) is 0 Å². The first kappa shape index (κ1) is 16.9. The quantitative estimate of drug-likeness (QED) is 0.538. The van der Waals surface area contributed by atoms with Crippen molar-refractivity contribution >= 4 is 0 Å². The maximum absolute atomic E-state index is 9.57. The summed E-state index contributed by atoms with van der Waals surface area (Å²) in [5, 5.41) is 9.57. The fourth-order valence-corrected chi connectivity index (χ4v) is 2.00. The number of methoxy groups -OCH3 is 1. The molecule has 0 saturated heterocycles. The van der Waals surface area contributed by atoms with Gasteiger partial charge in [-0.2, -0.15) is 0 Å². The molecular formula is C14H30O3. The van der Waals surface area contributed by atoms with Gasteiger partial charge in [-0.25, -0.2) is 0 Å². The van der Waals surface area contributed by atoms with E-state index in [1.165, 1.54) is 12.8 Å². The monoisotopic (exact) mass is 246 g/mol. The van der Waals surface area contributed by atoms with Crippen molar-refractivity contribution in [2.24, 2.45) is 5.41 Å². The van der Waals surface area contributed by atoms with Crippen LogP contribution >= 0.6 is 0 Å². The number of aliphatic hydroxyl groups is 1. The molecule has 0 aliphatic carbocycles. The normalized spacial score (nSPS) is 14.8. The number of hydrogen-bond donors (Lipinski definition) is 1. The minimum absolute atomic E-state index is 0.0806. The van der Waals surface area contributed by atoms with Gasteiger partial charge in [0.05, 0.1) is 0 Å². The van der Waals surface area contributed by atoms with Crippen LogP contribution in [0.1, 0.15) is 52.4 Å². The molecule has 0 aromatic heterocycles. The summed E-state index contributed by atoms with van der Waals surface area (Å²) in [4.78, 5) is 0. The first-order chi connectivity index (χ1) is 8.24. The molecule has 3 heteroatoms.